The van der Waals surface area contributed by atoms with Crippen LogP contribution in [0.4, 0.5) is 0 Å². The van der Waals surface area contributed by atoms with Gasteiger partial charge in [-0.05, 0) is 31.5 Å². The summed E-state index contributed by atoms with van der Waals surface area (Å²) in [7, 11) is 3.79. The second-order valence-corrected chi connectivity index (χ2v) is 8.08. The minimum absolute atomic E-state index is 0. The summed E-state index contributed by atoms with van der Waals surface area (Å²) in [6, 6.07) is 8.93. The van der Waals surface area contributed by atoms with Gasteiger partial charge in [-0.2, -0.15) is 5.10 Å². The summed E-state index contributed by atoms with van der Waals surface area (Å²) < 4.78 is 1.92. The van der Waals surface area contributed by atoms with E-state index < -0.39 is 0 Å². The molecule has 172 valence electrons. The topological polar surface area (TPSA) is 60.7 Å². The number of halogens is 1. The van der Waals surface area contributed by atoms with Gasteiger partial charge in [0, 0.05) is 71.2 Å². The number of aliphatic imine (C=N–C) groups is 1. The molecule has 1 aliphatic rings. The third-order valence-corrected chi connectivity index (χ3v) is 6.12. The van der Waals surface area contributed by atoms with Crippen molar-refractivity contribution in [1.82, 2.24) is 30.2 Å². The fraction of sp³-hybridized carbons (Fsp3) is 0.565. The van der Waals surface area contributed by atoms with Crippen LogP contribution in [0.2, 0.25) is 0 Å². The third-order valence-electron chi connectivity index (χ3n) is 6.12. The quantitative estimate of drug-likeness (QED) is 0.322. The molecular formula is C23H38IN7. The minimum atomic E-state index is 0. The zero-order valence-electron chi connectivity index (χ0n) is 19.6. The van der Waals surface area contributed by atoms with Gasteiger partial charge in [-0.3, -0.25) is 14.6 Å². The van der Waals surface area contributed by atoms with Crippen LogP contribution in [0.1, 0.15) is 35.0 Å². The zero-order chi connectivity index (χ0) is 21.5. The van der Waals surface area contributed by atoms with Gasteiger partial charge in [0.15, 0.2) is 5.96 Å². The molecular weight excluding hydrogens is 501 g/mol. The average molecular weight is 540 g/mol. The largest absolute Gasteiger partial charge is 0.352 e. The van der Waals surface area contributed by atoms with Gasteiger partial charge in [-0.1, -0.05) is 31.2 Å². The molecule has 1 aromatic carbocycles. The average Bonchev–Trinajstić information content (AvgIpc) is 3.01. The first-order chi connectivity index (χ1) is 14.5. The summed E-state index contributed by atoms with van der Waals surface area (Å²) >= 11 is 0. The van der Waals surface area contributed by atoms with Crippen molar-refractivity contribution in [3.63, 3.8) is 0 Å². The molecule has 1 saturated heterocycles. The van der Waals surface area contributed by atoms with E-state index in [1.165, 1.54) is 35.5 Å². The maximum Gasteiger partial charge on any atom is 0.191 e. The van der Waals surface area contributed by atoms with E-state index >= 15 is 0 Å². The number of aryl methyl sites for hydroxylation is 2. The Morgan fingerprint density at radius 2 is 1.55 bits per heavy atom. The fourth-order valence-electron chi connectivity index (χ4n) is 3.94. The lowest BCUT2D eigenvalue weighted by Crippen LogP contribution is -2.45. The second-order valence-electron chi connectivity index (χ2n) is 8.08. The number of benzene rings is 1. The van der Waals surface area contributed by atoms with Crippen LogP contribution in [0.3, 0.4) is 0 Å². The highest BCUT2D eigenvalue weighted by atomic mass is 127. The highest BCUT2D eigenvalue weighted by molar-refractivity contribution is 14.0. The van der Waals surface area contributed by atoms with E-state index in [-0.39, 0.29) is 24.0 Å². The number of piperazine rings is 1. The molecule has 1 fully saturated rings. The molecule has 2 heterocycles. The van der Waals surface area contributed by atoms with Crippen molar-refractivity contribution in [2.75, 3.05) is 39.8 Å². The van der Waals surface area contributed by atoms with Crippen molar-refractivity contribution in [2.45, 2.75) is 40.4 Å². The van der Waals surface area contributed by atoms with Gasteiger partial charge in [0.25, 0.3) is 0 Å². The second kappa shape index (κ2) is 12.4. The van der Waals surface area contributed by atoms with Crippen molar-refractivity contribution in [3.8, 4) is 0 Å². The molecule has 0 atom stereocenters. The van der Waals surface area contributed by atoms with E-state index in [2.05, 4.69) is 68.6 Å². The smallest absolute Gasteiger partial charge is 0.191 e. The van der Waals surface area contributed by atoms with E-state index in [1.54, 1.807) is 7.05 Å². The molecule has 0 unspecified atom stereocenters. The highest BCUT2D eigenvalue weighted by Crippen LogP contribution is 2.12. The Morgan fingerprint density at radius 3 is 2.10 bits per heavy atom. The molecule has 3 rings (SSSR count). The maximum atomic E-state index is 4.48. The van der Waals surface area contributed by atoms with Gasteiger partial charge >= 0.3 is 0 Å². The lowest BCUT2D eigenvalue weighted by Gasteiger charge is -2.34. The molecule has 0 radical (unpaired) electrons. The van der Waals surface area contributed by atoms with E-state index in [0.717, 1.165) is 50.9 Å². The predicted molar refractivity (Wildman–Crippen MR) is 139 cm³/mol. The summed E-state index contributed by atoms with van der Waals surface area (Å²) in [5.41, 5.74) is 6.11. The highest BCUT2D eigenvalue weighted by Gasteiger charge is 2.15. The molecule has 2 N–H and O–H groups in total. The first kappa shape index (κ1) is 25.6. The van der Waals surface area contributed by atoms with E-state index in [9.17, 15) is 0 Å². The van der Waals surface area contributed by atoms with Crippen LogP contribution in [-0.4, -0.2) is 65.3 Å². The molecule has 0 spiro atoms. The van der Waals surface area contributed by atoms with E-state index in [4.69, 9.17) is 0 Å². The summed E-state index contributed by atoms with van der Waals surface area (Å²) in [6.07, 6.45) is 0. The first-order valence-corrected chi connectivity index (χ1v) is 11.0. The Hall–Kier alpha value is -1.65. The number of nitrogens with one attached hydrogen (secondary N) is 2. The summed E-state index contributed by atoms with van der Waals surface area (Å²) in [5.74, 6) is 0.801. The van der Waals surface area contributed by atoms with Crippen molar-refractivity contribution < 1.29 is 0 Å². The van der Waals surface area contributed by atoms with Crippen molar-refractivity contribution in [1.29, 1.82) is 0 Å². The summed E-state index contributed by atoms with van der Waals surface area (Å²) in [4.78, 5) is 9.42. The molecule has 0 aliphatic carbocycles. The fourth-order valence-corrected chi connectivity index (χ4v) is 3.94. The van der Waals surface area contributed by atoms with Gasteiger partial charge < -0.3 is 15.5 Å². The van der Waals surface area contributed by atoms with Crippen molar-refractivity contribution in [2.24, 2.45) is 12.0 Å². The number of nitrogens with zero attached hydrogens (tertiary/aromatic N) is 5. The van der Waals surface area contributed by atoms with Gasteiger partial charge in [0.1, 0.15) is 0 Å². The van der Waals surface area contributed by atoms with Gasteiger partial charge in [-0.15, -0.1) is 24.0 Å². The van der Waals surface area contributed by atoms with Gasteiger partial charge in [-0.25, -0.2) is 0 Å². The Kier molecular flexibility index (Phi) is 10.2. The Balaban J connectivity index is 0.00000341. The predicted octanol–water partition coefficient (Wildman–Crippen LogP) is 2.66. The molecule has 8 heteroatoms. The van der Waals surface area contributed by atoms with Gasteiger partial charge in [0.05, 0.1) is 5.69 Å². The molecule has 0 saturated carbocycles. The number of hydrogen-bond acceptors (Lipinski definition) is 4. The summed E-state index contributed by atoms with van der Waals surface area (Å²) in [6.45, 7) is 14.7. The van der Waals surface area contributed by atoms with Crippen molar-refractivity contribution >= 4 is 29.9 Å². The van der Waals surface area contributed by atoms with Crippen LogP contribution in [0, 0.1) is 13.8 Å². The number of likely N-dealkylation sites (N-methyl/N-ethyl adjacent to an activating group) is 1. The third kappa shape index (κ3) is 7.18. The molecule has 2 aromatic rings. The Labute approximate surface area is 204 Å². The Morgan fingerprint density at radius 1 is 0.968 bits per heavy atom. The minimum Gasteiger partial charge on any atom is -0.352 e. The van der Waals surface area contributed by atoms with Crippen LogP contribution < -0.4 is 10.6 Å². The number of rotatable bonds is 7. The maximum absolute atomic E-state index is 4.48. The molecule has 1 aromatic heterocycles. The van der Waals surface area contributed by atoms with E-state index in [1.807, 2.05) is 18.7 Å². The lowest BCUT2D eigenvalue weighted by molar-refractivity contribution is 0.132. The standard InChI is InChI=1S/C23H37N7.HI/c1-6-29-11-13-30(14-12-29)17-21-9-7-20(8-10-21)15-25-23(24-4)26-16-22-18(2)27-28(5)19(22)3;/h7-10H,6,11-17H2,1-5H3,(H2,24,25,26);1H. The molecule has 0 amide bonds. The molecule has 7 nitrogen and oxygen atoms in total. The van der Waals surface area contributed by atoms with Gasteiger partial charge in [0.2, 0.25) is 0 Å². The van der Waals surface area contributed by atoms with Crippen LogP contribution >= 0.6 is 24.0 Å². The number of aromatic nitrogens is 2. The van der Waals surface area contributed by atoms with Crippen LogP contribution in [0.25, 0.3) is 0 Å². The molecule has 0 bridgehead atoms. The molecule has 31 heavy (non-hydrogen) atoms. The molecule has 1 aliphatic heterocycles. The zero-order valence-corrected chi connectivity index (χ0v) is 21.9. The summed E-state index contributed by atoms with van der Waals surface area (Å²) in [5, 5.41) is 11.3. The SMILES string of the molecule is CCN1CCN(Cc2ccc(CNC(=NC)NCc3c(C)nn(C)c3C)cc2)CC1.I. The van der Waals surface area contributed by atoms with Crippen LogP contribution in [0.15, 0.2) is 29.3 Å². The van der Waals surface area contributed by atoms with E-state index in [0.29, 0.717) is 0 Å². The van der Waals surface area contributed by atoms with Crippen molar-refractivity contribution in [3.05, 3.63) is 52.3 Å². The normalized spacial score (nSPS) is 15.6. The number of hydrogen-bond donors (Lipinski definition) is 2. The van der Waals surface area contributed by atoms with Crippen LogP contribution in [-0.2, 0) is 26.7 Å². The Bertz CT molecular complexity index is 836. The van der Waals surface area contributed by atoms with Crippen LogP contribution in [0.5, 0.6) is 0 Å². The first-order valence-electron chi connectivity index (χ1n) is 11.0. The number of guanidine groups is 1. The monoisotopic (exact) mass is 539 g/mol. The lowest BCUT2D eigenvalue weighted by atomic mass is 10.1.